The fourth-order valence-corrected chi connectivity index (χ4v) is 2.84. The second-order valence-electron chi connectivity index (χ2n) is 5.99. The maximum Gasteiger partial charge on any atom is 0.155 e. The third-order valence-corrected chi connectivity index (χ3v) is 3.92. The quantitative estimate of drug-likeness (QED) is 0.507. The van der Waals surface area contributed by atoms with Gasteiger partial charge in [-0.2, -0.15) is 0 Å². The van der Waals surface area contributed by atoms with E-state index in [4.69, 9.17) is 4.98 Å². The molecule has 0 unspecified atom stereocenters. The average Bonchev–Trinajstić information content (AvgIpc) is 2.61. The molecule has 0 bridgehead atoms. The first kappa shape index (κ1) is 16.9. The molecule has 0 aliphatic rings. The molecular weight excluding hydrogens is 310 g/mol. The first-order chi connectivity index (χ1) is 12.1. The molecule has 1 N–H and O–H groups in total. The van der Waals surface area contributed by atoms with Crippen molar-refractivity contribution in [2.24, 2.45) is 0 Å². The minimum atomic E-state index is -0.152. The number of aliphatic hydroxyl groups is 1. The summed E-state index contributed by atoms with van der Waals surface area (Å²) in [4.78, 5) is 15.8. The average molecular weight is 330 g/mol. The van der Waals surface area contributed by atoms with Crippen LogP contribution in [-0.4, -0.2) is 15.9 Å². The summed E-state index contributed by atoms with van der Waals surface area (Å²) in [5, 5.41) is 12.0. The predicted octanol–water partition coefficient (Wildman–Crippen LogP) is 5.07. The van der Waals surface area contributed by atoms with Crippen molar-refractivity contribution in [3.63, 3.8) is 0 Å². The monoisotopic (exact) mass is 330 g/mol. The molecule has 3 nitrogen and oxygen atoms in total. The van der Waals surface area contributed by atoms with Crippen LogP contribution in [0, 0.1) is 6.42 Å². The molecule has 1 aromatic heterocycles. The number of hydrogen-bond donors (Lipinski definition) is 1. The van der Waals surface area contributed by atoms with Crippen LogP contribution in [-0.2, 0) is 11.2 Å². The predicted molar refractivity (Wildman–Crippen MR) is 101 cm³/mol. The molecule has 3 aromatic rings. The number of nitrogens with zero attached hydrogens (tertiary/aromatic N) is 1. The van der Waals surface area contributed by atoms with E-state index < -0.39 is 0 Å². The molecule has 25 heavy (non-hydrogen) atoms. The number of aliphatic hydroxyl groups excluding tert-OH is 1. The Hall–Kier alpha value is -2.94. The summed E-state index contributed by atoms with van der Waals surface area (Å²) in [6.45, 7) is 1.42. The van der Waals surface area contributed by atoms with Crippen LogP contribution in [0.4, 0.5) is 0 Å². The van der Waals surface area contributed by atoms with Crippen molar-refractivity contribution < 1.29 is 9.90 Å². The number of ketones is 1. The Labute approximate surface area is 147 Å². The highest BCUT2D eigenvalue weighted by Gasteiger charge is 2.08. The zero-order valence-corrected chi connectivity index (χ0v) is 14.1. The molecule has 1 radical (unpaired) electrons. The molecule has 0 spiro atoms. The van der Waals surface area contributed by atoms with Crippen LogP contribution in [0.25, 0.3) is 22.0 Å². The largest absolute Gasteiger partial charge is 0.512 e. The molecule has 1 heterocycles. The van der Waals surface area contributed by atoms with Gasteiger partial charge in [-0.15, -0.1) is 0 Å². The van der Waals surface area contributed by atoms with Crippen LogP contribution >= 0.6 is 0 Å². The maximum absolute atomic E-state index is 11.0. The van der Waals surface area contributed by atoms with E-state index in [-0.39, 0.29) is 11.5 Å². The zero-order chi connectivity index (χ0) is 17.6. The Bertz CT molecular complexity index is 914. The lowest BCUT2D eigenvalue weighted by Gasteiger charge is -2.10. The fourth-order valence-electron chi connectivity index (χ4n) is 2.84. The summed E-state index contributed by atoms with van der Waals surface area (Å²) in [7, 11) is 0. The summed E-state index contributed by atoms with van der Waals surface area (Å²) in [6, 6.07) is 20.4. The van der Waals surface area contributed by atoms with E-state index in [0.29, 0.717) is 12.8 Å². The molecule has 0 saturated heterocycles. The number of allylic oxidation sites excluding steroid dienone is 2. The number of pyridine rings is 1. The van der Waals surface area contributed by atoms with Crippen LogP contribution in [0.3, 0.4) is 0 Å². The Kier molecular flexibility index (Phi) is 5.24. The molecule has 2 aromatic carbocycles. The molecule has 125 valence electrons. The van der Waals surface area contributed by atoms with Gasteiger partial charge in [-0.05, 0) is 31.2 Å². The summed E-state index contributed by atoms with van der Waals surface area (Å²) in [5.74, 6) is -0.0716. The number of rotatable bonds is 6. The summed E-state index contributed by atoms with van der Waals surface area (Å²) < 4.78 is 0. The third-order valence-electron chi connectivity index (χ3n) is 3.92. The van der Waals surface area contributed by atoms with E-state index in [1.165, 1.54) is 13.0 Å². The van der Waals surface area contributed by atoms with Gasteiger partial charge in [0.05, 0.1) is 11.5 Å². The molecule has 3 heteroatoms. The van der Waals surface area contributed by atoms with E-state index in [9.17, 15) is 9.90 Å². The van der Waals surface area contributed by atoms with Gasteiger partial charge in [-0.1, -0.05) is 54.6 Å². The molecule has 0 atom stereocenters. The Balaban J connectivity index is 1.88. The summed E-state index contributed by atoms with van der Waals surface area (Å²) >= 11 is 0. The fraction of sp³-hybridized carbons (Fsp3) is 0.136. The molecular formula is C22H20NO2. The van der Waals surface area contributed by atoms with Gasteiger partial charge in [0.1, 0.15) is 0 Å². The van der Waals surface area contributed by atoms with Gasteiger partial charge >= 0.3 is 0 Å². The smallest absolute Gasteiger partial charge is 0.155 e. The molecule has 3 rings (SSSR count). The van der Waals surface area contributed by atoms with Crippen LogP contribution in [0.5, 0.6) is 0 Å². The standard InChI is InChI=1S/C22H20NO2/c1-16(24)14-20(25)12-7-11-19-15-18-10-5-6-13-21(18)22(23-19)17-8-3-2-4-9-17/h2-10,13-15,25H,11-12H2,1H3/b20-14-. The van der Waals surface area contributed by atoms with Crippen molar-refractivity contribution in [3.8, 4) is 11.3 Å². The van der Waals surface area contributed by atoms with Crippen molar-refractivity contribution >= 4 is 16.6 Å². The topological polar surface area (TPSA) is 50.2 Å². The SMILES string of the molecule is CC(=O)/C=C(\O)C[CH]Cc1cc2ccccc2c(-c2ccccc2)n1. The minimum absolute atomic E-state index is 0.0802. The third kappa shape index (κ3) is 4.32. The van der Waals surface area contributed by atoms with E-state index >= 15 is 0 Å². The van der Waals surface area contributed by atoms with Gasteiger partial charge < -0.3 is 5.11 Å². The van der Waals surface area contributed by atoms with Crippen molar-refractivity contribution in [3.05, 3.63) is 84.6 Å². The van der Waals surface area contributed by atoms with Gasteiger partial charge in [0, 0.05) is 29.1 Å². The lowest BCUT2D eigenvalue weighted by molar-refractivity contribution is -0.112. The maximum atomic E-state index is 11.0. The highest BCUT2D eigenvalue weighted by Crippen LogP contribution is 2.27. The van der Waals surface area contributed by atoms with Crippen molar-refractivity contribution in [1.82, 2.24) is 4.98 Å². The van der Waals surface area contributed by atoms with Gasteiger partial charge in [0.25, 0.3) is 0 Å². The van der Waals surface area contributed by atoms with Crippen molar-refractivity contribution in [2.45, 2.75) is 19.8 Å². The normalized spacial score (nSPS) is 11.6. The lowest BCUT2D eigenvalue weighted by atomic mass is 10.0. The second kappa shape index (κ2) is 7.75. The number of carbonyl (C=O) groups is 1. The van der Waals surface area contributed by atoms with Crippen LogP contribution in [0.1, 0.15) is 19.0 Å². The molecule has 0 fully saturated rings. The molecule has 0 saturated carbocycles. The van der Waals surface area contributed by atoms with Crippen LogP contribution < -0.4 is 0 Å². The highest BCUT2D eigenvalue weighted by molar-refractivity contribution is 5.94. The number of fused-ring (bicyclic) bond motifs is 1. The second-order valence-corrected chi connectivity index (χ2v) is 5.99. The summed E-state index contributed by atoms with van der Waals surface area (Å²) in [5.41, 5.74) is 2.98. The lowest BCUT2D eigenvalue weighted by Crippen LogP contribution is -1.97. The van der Waals surface area contributed by atoms with Crippen molar-refractivity contribution in [2.75, 3.05) is 0 Å². The summed E-state index contributed by atoms with van der Waals surface area (Å²) in [6.07, 6.45) is 4.16. The molecule has 0 aliphatic carbocycles. The zero-order valence-electron chi connectivity index (χ0n) is 14.1. The van der Waals surface area contributed by atoms with Gasteiger partial charge in [-0.25, -0.2) is 0 Å². The van der Waals surface area contributed by atoms with E-state index in [0.717, 1.165) is 27.7 Å². The highest BCUT2D eigenvalue weighted by atomic mass is 16.3. The first-order valence-corrected chi connectivity index (χ1v) is 8.29. The number of hydrogen-bond acceptors (Lipinski definition) is 3. The molecule has 0 amide bonds. The number of carbonyl (C=O) groups excluding carboxylic acids is 1. The number of aromatic nitrogens is 1. The van der Waals surface area contributed by atoms with Crippen LogP contribution in [0.15, 0.2) is 72.5 Å². The van der Waals surface area contributed by atoms with E-state index in [1.54, 1.807) is 0 Å². The molecule has 0 aliphatic heterocycles. The number of benzene rings is 2. The first-order valence-electron chi connectivity index (χ1n) is 8.29. The van der Waals surface area contributed by atoms with E-state index in [2.05, 4.69) is 30.3 Å². The van der Waals surface area contributed by atoms with Gasteiger partial charge in [-0.3, -0.25) is 9.78 Å². The minimum Gasteiger partial charge on any atom is -0.512 e. The van der Waals surface area contributed by atoms with Crippen molar-refractivity contribution in [1.29, 1.82) is 0 Å². The van der Waals surface area contributed by atoms with Crippen LogP contribution in [0.2, 0.25) is 0 Å². The van der Waals surface area contributed by atoms with Gasteiger partial charge in [0.2, 0.25) is 0 Å². The van der Waals surface area contributed by atoms with E-state index in [1.807, 2.05) is 36.8 Å². The van der Waals surface area contributed by atoms with Gasteiger partial charge in [0.15, 0.2) is 5.78 Å². The Morgan fingerprint density at radius 3 is 2.56 bits per heavy atom. The Morgan fingerprint density at radius 2 is 1.80 bits per heavy atom. The Morgan fingerprint density at radius 1 is 1.08 bits per heavy atom.